The molecule has 0 unspecified atom stereocenters. The molecule has 2 aromatic heterocycles. The third-order valence-corrected chi connectivity index (χ3v) is 5.05. The summed E-state index contributed by atoms with van der Waals surface area (Å²) in [4.78, 5) is 21.6. The summed E-state index contributed by atoms with van der Waals surface area (Å²) in [5, 5.41) is 1.57. The van der Waals surface area contributed by atoms with Crippen molar-refractivity contribution in [3.05, 3.63) is 45.1 Å². The summed E-state index contributed by atoms with van der Waals surface area (Å²) in [5.41, 5.74) is 2.78. The van der Waals surface area contributed by atoms with Gasteiger partial charge in [-0.1, -0.05) is 0 Å². The molecule has 1 aliphatic carbocycles. The number of rotatable bonds is 2. The number of hydrogen-bond acceptors (Lipinski definition) is 4. The summed E-state index contributed by atoms with van der Waals surface area (Å²) in [6.07, 6.45) is 3.36. The Balaban J connectivity index is 1.90. The third-order valence-electron chi connectivity index (χ3n) is 3.86. The van der Waals surface area contributed by atoms with E-state index in [0.29, 0.717) is 5.39 Å². The lowest BCUT2D eigenvalue weighted by Gasteiger charge is -2.04. The van der Waals surface area contributed by atoms with Crippen LogP contribution in [-0.2, 0) is 12.8 Å². The van der Waals surface area contributed by atoms with Gasteiger partial charge in [-0.3, -0.25) is 4.79 Å². The van der Waals surface area contributed by atoms with Crippen molar-refractivity contribution >= 4 is 22.2 Å². The second-order valence-corrected chi connectivity index (χ2v) is 6.28. The normalized spacial score (nSPS) is 13.6. The number of nitrogens with zero attached hydrogens (tertiary/aromatic N) is 1. The zero-order valence-corrected chi connectivity index (χ0v) is 12.4. The maximum Gasteiger partial charge on any atom is 0.190 e. The van der Waals surface area contributed by atoms with Crippen LogP contribution in [0.25, 0.3) is 21.6 Å². The number of nitrogens with one attached hydrogen (secondary N) is 1. The average molecular weight is 298 g/mol. The van der Waals surface area contributed by atoms with Crippen molar-refractivity contribution in [2.75, 3.05) is 7.11 Å². The predicted octanol–water partition coefficient (Wildman–Crippen LogP) is 3.15. The Morgan fingerprint density at radius 3 is 3.00 bits per heavy atom. The molecule has 0 saturated carbocycles. The molecule has 3 aromatic rings. The van der Waals surface area contributed by atoms with Gasteiger partial charge in [-0.25, -0.2) is 4.98 Å². The first-order valence-electron chi connectivity index (χ1n) is 6.94. The van der Waals surface area contributed by atoms with Gasteiger partial charge in [0, 0.05) is 22.4 Å². The molecular weight excluding hydrogens is 284 g/mol. The number of benzene rings is 1. The van der Waals surface area contributed by atoms with Crippen molar-refractivity contribution in [1.29, 1.82) is 0 Å². The first-order valence-corrected chi connectivity index (χ1v) is 7.76. The Kier molecular flexibility index (Phi) is 2.82. The molecule has 0 aliphatic heterocycles. The average Bonchev–Trinajstić information content (AvgIpc) is 3.07. The number of aromatic amines is 1. The van der Waals surface area contributed by atoms with Crippen LogP contribution in [-0.4, -0.2) is 17.1 Å². The van der Waals surface area contributed by atoms with Gasteiger partial charge in [0.25, 0.3) is 0 Å². The second kappa shape index (κ2) is 4.70. The standard InChI is InChI=1S/C16H14N2O2S/c1-20-9-5-6-10-12(7-9)17-13(8-14(10)19)16-18-11-3-2-4-15(11)21-16/h5-8H,2-4H2,1H3,(H,17,19). The minimum atomic E-state index is 0.0109. The van der Waals surface area contributed by atoms with Crippen LogP contribution >= 0.6 is 11.3 Å². The van der Waals surface area contributed by atoms with E-state index >= 15 is 0 Å². The molecule has 0 amide bonds. The molecule has 0 radical (unpaired) electrons. The molecule has 2 heterocycles. The topological polar surface area (TPSA) is 55.0 Å². The fourth-order valence-corrected chi connectivity index (χ4v) is 3.90. The Hall–Kier alpha value is -2.14. The van der Waals surface area contributed by atoms with E-state index in [1.807, 2.05) is 6.07 Å². The molecular formula is C16H14N2O2S. The van der Waals surface area contributed by atoms with Gasteiger partial charge in [0.2, 0.25) is 0 Å². The highest BCUT2D eigenvalue weighted by Gasteiger charge is 2.18. The summed E-state index contributed by atoms with van der Waals surface area (Å²) in [6.45, 7) is 0. The van der Waals surface area contributed by atoms with Gasteiger partial charge < -0.3 is 9.72 Å². The van der Waals surface area contributed by atoms with Gasteiger partial charge in [0.05, 0.1) is 24.0 Å². The van der Waals surface area contributed by atoms with Crippen LogP contribution in [0.2, 0.25) is 0 Å². The van der Waals surface area contributed by atoms with E-state index in [9.17, 15) is 4.79 Å². The first-order chi connectivity index (χ1) is 10.2. The zero-order chi connectivity index (χ0) is 14.4. The monoisotopic (exact) mass is 298 g/mol. The summed E-state index contributed by atoms with van der Waals surface area (Å²) >= 11 is 1.69. The van der Waals surface area contributed by atoms with E-state index in [2.05, 4.69) is 9.97 Å². The minimum Gasteiger partial charge on any atom is -0.497 e. The molecule has 0 fully saturated rings. The molecule has 0 atom stereocenters. The fraction of sp³-hybridized carbons (Fsp3) is 0.250. The zero-order valence-electron chi connectivity index (χ0n) is 11.6. The number of methoxy groups -OCH3 is 1. The van der Waals surface area contributed by atoms with E-state index in [0.717, 1.165) is 34.8 Å². The number of H-pyrrole nitrogens is 1. The highest BCUT2D eigenvalue weighted by Crippen LogP contribution is 2.32. The Morgan fingerprint density at radius 1 is 1.29 bits per heavy atom. The fourth-order valence-electron chi connectivity index (χ4n) is 2.78. The lowest BCUT2D eigenvalue weighted by Crippen LogP contribution is -2.03. The van der Waals surface area contributed by atoms with Crippen molar-refractivity contribution in [2.24, 2.45) is 0 Å². The number of hydrogen-bond donors (Lipinski definition) is 1. The molecule has 1 N–H and O–H groups in total. The van der Waals surface area contributed by atoms with Crippen LogP contribution in [0.1, 0.15) is 17.0 Å². The smallest absolute Gasteiger partial charge is 0.190 e. The third kappa shape index (κ3) is 2.05. The van der Waals surface area contributed by atoms with Crippen molar-refractivity contribution in [3.63, 3.8) is 0 Å². The van der Waals surface area contributed by atoms with Gasteiger partial charge >= 0.3 is 0 Å². The molecule has 4 nitrogen and oxygen atoms in total. The van der Waals surface area contributed by atoms with E-state index in [1.54, 1.807) is 36.6 Å². The molecule has 0 saturated heterocycles. The molecule has 1 aromatic carbocycles. The van der Waals surface area contributed by atoms with Crippen LogP contribution in [0.3, 0.4) is 0 Å². The largest absolute Gasteiger partial charge is 0.497 e. The molecule has 5 heteroatoms. The summed E-state index contributed by atoms with van der Waals surface area (Å²) in [7, 11) is 1.62. The van der Waals surface area contributed by atoms with Crippen LogP contribution in [0.4, 0.5) is 0 Å². The van der Waals surface area contributed by atoms with E-state index < -0.39 is 0 Å². The van der Waals surface area contributed by atoms with Crippen LogP contribution in [0, 0.1) is 0 Å². The number of aromatic nitrogens is 2. The maximum atomic E-state index is 12.3. The van der Waals surface area contributed by atoms with Crippen LogP contribution < -0.4 is 10.2 Å². The van der Waals surface area contributed by atoms with Gasteiger partial charge in [-0.2, -0.15) is 0 Å². The summed E-state index contributed by atoms with van der Waals surface area (Å²) in [6, 6.07) is 7.08. The molecule has 21 heavy (non-hydrogen) atoms. The van der Waals surface area contributed by atoms with Crippen LogP contribution in [0.15, 0.2) is 29.1 Å². The van der Waals surface area contributed by atoms with Crippen molar-refractivity contribution in [1.82, 2.24) is 9.97 Å². The predicted molar refractivity (Wildman–Crippen MR) is 84.3 cm³/mol. The SMILES string of the molecule is COc1ccc2c(=O)cc(-c3nc4c(s3)CCC4)[nH]c2c1. The molecule has 4 rings (SSSR count). The maximum absolute atomic E-state index is 12.3. The first kappa shape index (κ1) is 12.6. The quantitative estimate of drug-likeness (QED) is 0.790. The molecule has 0 bridgehead atoms. The van der Waals surface area contributed by atoms with Gasteiger partial charge in [-0.15, -0.1) is 11.3 Å². The van der Waals surface area contributed by atoms with Gasteiger partial charge in [0.1, 0.15) is 10.8 Å². The Morgan fingerprint density at radius 2 is 2.19 bits per heavy atom. The summed E-state index contributed by atoms with van der Waals surface area (Å²) < 4.78 is 5.22. The van der Waals surface area contributed by atoms with Crippen molar-refractivity contribution in [2.45, 2.75) is 19.3 Å². The van der Waals surface area contributed by atoms with E-state index in [1.165, 1.54) is 17.0 Å². The van der Waals surface area contributed by atoms with Crippen molar-refractivity contribution < 1.29 is 4.74 Å². The highest BCUT2D eigenvalue weighted by atomic mass is 32.1. The van der Waals surface area contributed by atoms with Gasteiger partial charge in [0.15, 0.2) is 5.43 Å². The number of fused-ring (bicyclic) bond motifs is 2. The molecule has 106 valence electrons. The number of aryl methyl sites for hydroxylation is 2. The van der Waals surface area contributed by atoms with Crippen molar-refractivity contribution in [3.8, 4) is 16.5 Å². The second-order valence-electron chi connectivity index (χ2n) is 5.20. The van der Waals surface area contributed by atoms with Gasteiger partial charge in [-0.05, 0) is 31.4 Å². The molecule has 0 spiro atoms. The number of ether oxygens (including phenoxy) is 1. The van der Waals surface area contributed by atoms with E-state index in [-0.39, 0.29) is 5.43 Å². The lowest BCUT2D eigenvalue weighted by molar-refractivity contribution is 0.415. The summed E-state index contributed by atoms with van der Waals surface area (Å²) in [5.74, 6) is 0.733. The highest BCUT2D eigenvalue weighted by molar-refractivity contribution is 7.15. The minimum absolute atomic E-state index is 0.0109. The van der Waals surface area contributed by atoms with E-state index in [4.69, 9.17) is 4.74 Å². The lowest BCUT2D eigenvalue weighted by atomic mass is 10.2. The number of thiazole rings is 1. The van der Waals surface area contributed by atoms with Crippen LogP contribution in [0.5, 0.6) is 5.75 Å². The Bertz CT molecular complexity index is 873. The Labute approximate surface area is 125 Å². The number of pyridine rings is 1. The molecule has 1 aliphatic rings.